The molecule has 0 heterocycles. The number of nitro benzene ring substituents is 1. The molecule has 18 heavy (non-hydrogen) atoms. The Balaban J connectivity index is 2.48. The third-order valence-electron chi connectivity index (χ3n) is 2.16. The Hall–Kier alpha value is -2.31. The number of non-ortho nitro benzene ring substituents is 1. The highest BCUT2D eigenvalue weighted by atomic mass is 16.6. The topological polar surface area (TPSA) is 102 Å². The molecule has 0 aliphatic carbocycles. The van der Waals surface area contributed by atoms with Crippen LogP contribution >= 0.6 is 0 Å². The zero-order valence-electron chi connectivity index (χ0n) is 9.88. The fraction of sp³-hybridized carbons (Fsp3) is 0.364. The van der Waals surface area contributed by atoms with Gasteiger partial charge in [-0.25, -0.2) is 0 Å². The van der Waals surface area contributed by atoms with E-state index >= 15 is 0 Å². The molecule has 0 aliphatic heterocycles. The molecule has 0 atom stereocenters. The number of nitro groups is 1. The minimum atomic E-state index is -0.606. The van der Waals surface area contributed by atoms with Crippen LogP contribution in [0, 0.1) is 10.1 Å². The molecule has 0 saturated carbocycles. The first kappa shape index (κ1) is 13.8. The van der Waals surface area contributed by atoms with Crippen molar-refractivity contribution in [1.82, 2.24) is 5.32 Å². The second kappa shape index (κ2) is 6.43. The minimum Gasteiger partial charge on any atom is -0.504 e. The number of nitrogens with one attached hydrogen (secondary N) is 1. The smallest absolute Gasteiger partial charge is 0.273 e. The maximum absolute atomic E-state index is 10.9. The van der Waals surface area contributed by atoms with Crippen LogP contribution in [0.2, 0.25) is 0 Å². The van der Waals surface area contributed by atoms with Crippen LogP contribution < -0.4 is 10.1 Å². The van der Waals surface area contributed by atoms with Crippen LogP contribution in [0.3, 0.4) is 0 Å². The van der Waals surface area contributed by atoms with Crippen molar-refractivity contribution < 1.29 is 19.6 Å². The van der Waals surface area contributed by atoms with Crippen molar-refractivity contribution >= 4 is 11.6 Å². The van der Waals surface area contributed by atoms with E-state index in [1.54, 1.807) is 6.92 Å². The molecule has 0 saturated heterocycles. The summed E-state index contributed by atoms with van der Waals surface area (Å²) in [6.45, 7) is 2.22. The van der Waals surface area contributed by atoms with Gasteiger partial charge in [0.15, 0.2) is 11.5 Å². The first-order valence-corrected chi connectivity index (χ1v) is 5.41. The monoisotopic (exact) mass is 254 g/mol. The van der Waals surface area contributed by atoms with Gasteiger partial charge in [-0.05, 0) is 6.07 Å². The summed E-state index contributed by atoms with van der Waals surface area (Å²) >= 11 is 0. The minimum absolute atomic E-state index is 0.0912. The summed E-state index contributed by atoms with van der Waals surface area (Å²) < 4.78 is 5.18. The standard InChI is InChI=1S/C11H14N2O5/c1-2-11(15)12-5-6-18-10-4-3-8(13(16)17)7-9(10)14/h3-4,7,14H,2,5-6H2,1H3,(H,12,15). The molecule has 0 fully saturated rings. The molecule has 0 spiro atoms. The first-order chi connectivity index (χ1) is 8.54. The van der Waals surface area contributed by atoms with Crippen molar-refractivity contribution in [3.8, 4) is 11.5 Å². The zero-order valence-corrected chi connectivity index (χ0v) is 9.88. The number of carbonyl (C=O) groups excluding carboxylic acids is 1. The largest absolute Gasteiger partial charge is 0.504 e. The normalized spacial score (nSPS) is 9.83. The number of hydrogen-bond donors (Lipinski definition) is 2. The van der Waals surface area contributed by atoms with Crippen molar-refractivity contribution in [2.45, 2.75) is 13.3 Å². The molecule has 0 bridgehead atoms. The van der Waals surface area contributed by atoms with E-state index in [0.717, 1.165) is 6.07 Å². The van der Waals surface area contributed by atoms with Gasteiger partial charge in [-0.15, -0.1) is 0 Å². The molecule has 0 radical (unpaired) electrons. The molecular weight excluding hydrogens is 240 g/mol. The Labute approximate surface area is 104 Å². The van der Waals surface area contributed by atoms with Gasteiger partial charge in [-0.3, -0.25) is 14.9 Å². The molecule has 0 unspecified atom stereocenters. The Morgan fingerprint density at radius 1 is 1.56 bits per heavy atom. The van der Waals surface area contributed by atoms with E-state index in [-0.39, 0.29) is 29.7 Å². The highest BCUT2D eigenvalue weighted by Gasteiger charge is 2.10. The van der Waals surface area contributed by atoms with E-state index in [2.05, 4.69) is 5.32 Å². The fourth-order valence-corrected chi connectivity index (χ4v) is 1.22. The SMILES string of the molecule is CCC(=O)NCCOc1ccc([N+](=O)[O-])cc1O. The predicted molar refractivity (Wildman–Crippen MR) is 63.6 cm³/mol. The Kier molecular flexibility index (Phi) is 4.91. The number of rotatable bonds is 6. The number of phenols is 1. The maximum Gasteiger partial charge on any atom is 0.273 e. The van der Waals surface area contributed by atoms with E-state index in [9.17, 15) is 20.0 Å². The van der Waals surface area contributed by atoms with Crippen LogP contribution in [0.15, 0.2) is 18.2 Å². The lowest BCUT2D eigenvalue weighted by molar-refractivity contribution is -0.385. The summed E-state index contributed by atoms with van der Waals surface area (Å²) in [5, 5.41) is 22.5. The van der Waals surface area contributed by atoms with Gasteiger partial charge >= 0.3 is 0 Å². The summed E-state index contributed by atoms with van der Waals surface area (Å²) in [4.78, 5) is 20.8. The lowest BCUT2D eigenvalue weighted by Gasteiger charge is -2.08. The molecule has 0 aromatic heterocycles. The average Bonchev–Trinajstić information content (AvgIpc) is 2.35. The van der Waals surface area contributed by atoms with Crippen LogP contribution in [0.4, 0.5) is 5.69 Å². The Morgan fingerprint density at radius 3 is 2.83 bits per heavy atom. The summed E-state index contributed by atoms with van der Waals surface area (Å²) in [7, 11) is 0. The van der Waals surface area contributed by atoms with Crippen LogP contribution in [-0.4, -0.2) is 29.1 Å². The van der Waals surface area contributed by atoms with Crippen molar-refractivity contribution in [3.63, 3.8) is 0 Å². The number of ether oxygens (including phenoxy) is 1. The number of benzene rings is 1. The fourth-order valence-electron chi connectivity index (χ4n) is 1.22. The Bertz CT molecular complexity index is 447. The van der Waals surface area contributed by atoms with Gasteiger partial charge in [0.05, 0.1) is 17.5 Å². The highest BCUT2D eigenvalue weighted by molar-refractivity contribution is 5.75. The molecule has 0 aliphatic rings. The van der Waals surface area contributed by atoms with E-state index in [4.69, 9.17) is 4.74 Å². The van der Waals surface area contributed by atoms with E-state index < -0.39 is 4.92 Å². The van der Waals surface area contributed by atoms with Gasteiger partial charge in [0.1, 0.15) is 6.61 Å². The van der Waals surface area contributed by atoms with E-state index in [1.165, 1.54) is 12.1 Å². The molecule has 2 N–H and O–H groups in total. The van der Waals surface area contributed by atoms with Crippen molar-refractivity contribution in [3.05, 3.63) is 28.3 Å². The summed E-state index contributed by atoms with van der Waals surface area (Å²) in [5.41, 5.74) is -0.209. The Morgan fingerprint density at radius 2 is 2.28 bits per heavy atom. The molecule has 1 rings (SSSR count). The lowest BCUT2D eigenvalue weighted by Crippen LogP contribution is -2.27. The van der Waals surface area contributed by atoms with Gasteiger partial charge < -0.3 is 15.2 Å². The lowest BCUT2D eigenvalue weighted by atomic mass is 10.3. The number of hydrogen-bond acceptors (Lipinski definition) is 5. The second-order valence-electron chi connectivity index (χ2n) is 3.46. The summed E-state index contributed by atoms with van der Waals surface area (Å²) in [6, 6.07) is 3.56. The van der Waals surface area contributed by atoms with Gasteiger partial charge in [0.25, 0.3) is 5.69 Å². The van der Waals surface area contributed by atoms with Crippen LogP contribution in [-0.2, 0) is 4.79 Å². The number of aromatic hydroxyl groups is 1. The van der Waals surface area contributed by atoms with E-state index in [1.807, 2.05) is 0 Å². The highest BCUT2D eigenvalue weighted by Crippen LogP contribution is 2.29. The van der Waals surface area contributed by atoms with Gasteiger partial charge in [0, 0.05) is 12.5 Å². The molecule has 98 valence electrons. The van der Waals surface area contributed by atoms with Gasteiger partial charge in [-0.2, -0.15) is 0 Å². The third-order valence-corrected chi connectivity index (χ3v) is 2.16. The summed E-state index contributed by atoms with van der Waals surface area (Å²) in [6.07, 6.45) is 0.392. The number of nitrogens with zero attached hydrogens (tertiary/aromatic N) is 1. The van der Waals surface area contributed by atoms with Crippen LogP contribution in [0.1, 0.15) is 13.3 Å². The molecular formula is C11H14N2O5. The maximum atomic E-state index is 10.9. The average molecular weight is 254 g/mol. The molecule has 1 amide bonds. The second-order valence-corrected chi connectivity index (χ2v) is 3.46. The number of phenolic OH excluding ortho intramolecular Hbond substituents is 1. The molecule has 1 aromatic rings. The van der Waals surface area contributed by atoms with Crippen molar-refractivity contribution in [2.24, 2.45) is 0 Å². The van der Waals surface area contributed by atoms with Gasteiger partial charge in [-0.1, -0.05) is 6.92 Å². The number of amides is 1. The van der Waals surface area contributed by atoms with Crippen LogP contribution in [0.25, 0.3) is 0 Å². The quantitative estimate of drug-likeness (QED) is 0.451. The zero-order chi connectivity index (χ0) is 13.5. The molecule has 7 nitrogen and oxygen atoms in total. The van der Waals surface area contributed by atoms with Gasteiger partial charge in [0.2, 0.25) is 5.91 Å². The molecule has 7 heteroatoms. The van der Waals surface area contributed by atoms with Crippen LogP contribution in [0.5, 0.6) is 11.5 Å². The predicted octanol–water partition coefficient (Wildman–Crippen LogP) is 1.21. The molecule has 1 aromatic carbocycles. The first-order valence-electron chi connectivity index (χ1n) is 5.41. The van der Waals surface area contributed by atoms with Crippen molar-refractivity contribution in [1.29, 1.82) is 0 Å². The third kappa shape index (κ3) is 3.93. The van der Waals surface area contributed by atoms with E-state index in [0.29, 0.717) is 13.0 Å². The van der Waals surface area contributed by atoms with Crippen molar-refractivity contribution in [2.75, 3.05) is 13.2 Å². The summed E-state index contributed by atoms with van der Waals surface area (Å²) in [5.74, 6) is -0.246. The number of carbonyl (C=O) groups is 1.